The van der Waals surface area contributed by atoms with E-state index in [1.807, 2.05) is 48.5 Å². The number of nitrogens with two attached hydrogens (primary N) is 1. The van der Waals surface area contributed by atoms with E-state index in [1.165, 1.54) is 0 Å². The molecule has 2 rings (SSSR count). The Kier molecular flexibility index (Phi) is 9.62. The molecule has 0 spiro atoms. The molecule has 136 valence electrons. The fraction of sp³-hybridized carbons (Fsp3) is 0.316. The lowest BCUT2D eigenvalue weighted by atomic mass is 10.0. The topological polar surface area (TPSA) is 73.6 Å². The van der Waals surface area contributed by atoms with E-state index < -0.39 is 0 Å². The third kappa shape index (κ3) is 7.56. The van der Waals surface area contributed by atoms with Crippen LogP contribution in [0.3, 0.4) is 0 Å². The zero-order valence-electron chi connectivity index (χ0n) is 14.3. The molecule has 0 fully saturated rings. The zero-order chi connectivity index (χ0) is 17.2. The second-order valence-corrected chi connectivity index (χ2v) is 5.49. The molecule has 25 heavy (non-hydrogen) atoms. The van der Waals surface area contributed by atoms with Gasteiger partial charge in [0.15, 0.2) is 0 Å². The molecule has 0 aliphatic rings. The maximum atomic E-state index is 12.2. The molecular weight excluding hydrogens is 340 g/mol. The van der Waals surface area contributed by atoms with Crippen molar-refractivity contribution in [3.8, 4) is 5.75 Å². The van der Waals surface area contributed by atoms with Gasteiger partial charge in [-0.15, -0.1) is 12.4 Å². The summed E-state index contributed by atoms with van der Waals surface area (Å²) in [6.07, 6.45) is 1.04. The van der Waals surface area contributed by atoms with Crippen molar-refractivity contribution in [2.45, 2.75) is 18.9 Å². The Bertz CT molecular complexity index is 638. The van der Waals surface area contributed by atoms with E-state index in [0.717, 1.165) is 17.7 Å². The number of anilines is 1. The molecular formula is C19H25ClN2O3. The van der Waals surface area contributed by atoms with Gasteiger partial charge in [-0.1, -0.05) is 36.4 Å². The molecule has 2 aromatic carbocycles. The fourth-order valence-corrected chi connectivity index (χ4v) is 2.29. The highest BCUT2D eigenvalue weighted by Gasteiger charge is 2.11. The third-order valence-corrected chi connectivity index (χ3v) is 3.51. The number of nitrogens with one attached hydrogen (secondary N) is 1. The minimum atomic E-state index is -0.320. The molecule has 0 heterocycles. The number of ether oxygens (including phenoxy) is 2. The standard InChI is InChI=1S/C19H24N2O3.ClH/c1-23-11-6-12-24-17-10-5-9-16(13-17)21-19(22)14-18(20)15-7-3-2-4-8-15;/h2-5,7-10,13,18H,6,11-12,14,20H2,1H3,(H,21,22);1H. The summed E-state index contributed by atoms with van der Waals surface area (Å²) < 4.78 is 10.6. The summed E-state index contributed by atoms with van der Waals surface area (Å²) in [5.74, 6) is 0.596. The molecule has 1 atom stereocenters. The van der Waals surface area contributed by atoms with Crippen LogP contribution in [0, 0.1) is 0 Å². The Morgan fingerprint density at radius 1 is 1.12 bits per heavy atom. The first-order valence-corrected chi connectivity index (χ1v) is 8.01. The van der Waals surface area contributed by atoms with Crippen molar-refractivity contribution in [1.29, 1.82) is 0 Å². The number of methoxy groups -OCH3 is 1. The van der Waals surface area contributed by atoms with Crippen molar-refractivity contribution in [3.05, 3.63) is 60.2 Å². The quantitative estimate of drug-likeness (QED) is 0.667. The molecule has 6 heteroatoms. The Hall–Kier alpha value is -2.08. The first-order valence-electron chi connectivity index (χ1n) is 8.01. The molecule has 2 aromatic rings. The maximum Gasteiger partial charge on any atom is 0.226 e. The van der Waals surface area contributed by atoms with E-state index >= 15 is 0 Å². The first-order chi connectivity index (χ1) is 11.7. The summed E-state index contributed by atoms with van der Waals surface area (Å²) in [7, 11) is 1.66. The van der Waals surface area contributed by atoms with Crippen molar-refractivity contribution < 1.29 is 14.3 Å². The van der Waals surface area contributed by atoms with E-state index in [-0.39, 0.29) is 30.8 Å². The predicted octanol–water partition coefficient (Wildman–Crippen LogP) is 3.55. The van der Waals surface area contributed by atoms with Gasteiger partial charge < -0.3 is 20.5 Å². The molecule has 0 aliphatic carbocycles. The summed E-state index contributed by atoms with van der Waals surface area (Å²) in [4.78, 5) is 12.2. The summed E-state index contributed by atoms with van der Waals surface area (Å²) in [5, 5.41) is 2.86. The number of halogens is 1. The van der Waals surface area contributed by atoms with Crippen LogP contribution < -0.4 is 15.8 Å². The molecule has 0 bridgehead atoms. The van der Waals surface area contributed by atoms with Gasteiger partial charge in [-0.2, -0.15) is 0 Å². The smallest absolute Gasteiger partial charge is 0.226 e. The predicted molar refractivity (Wildman–Crippen MR) is 102 cm³/mol. The van der Waals surface area contributed by atoms with Crippen LogP contribution in [0.5, 0.6) is 5.75 Å². The molecule has 1 unspecified atom stereocenters. The Morgan fingerprint density at radius 2 is 1.88 bits per heavy atom. The average molecular weight is 365 g/mol. The van der Waals surface area contributed by atoms with Gasteiger partial charge in [-0.25, -0.2) is 0 Å². The highest BCUT2D eigenvalue weighted by atomic mass is 35.5. The summed E-state index contributed by atoms with van der Waals surface area (Å²) in [6, 6.07) is 16.6. The van der Waals surface area contributed by atoms with Crippen LogP contribution >= 0.6 is 12.4 Å². The van der Waals surface area contributed by atoms with Crippen LogP contribution in [0.15, 0.2) is 54.6 Å². The minimum absolute atomic E-state index is 0. The van der Waals surface area contributed by atoms with E-state index in [4.69, 9.17) is 15.2 Å². The van der Waals surface area contributed by atoms with Crippen molar-refractivity contribution in [3.63, 3.8) is 0 Å². The maximum absolute atomic E-state index is 12.2. The van der Waals surface area contributed by atoms with E-state index in [2.05, 4.69) is 5.32 Å². The highest BCUT2D eigenvalue weighted by molar-refractivity contribution is 5.91. The Morgan fingerprint density at radius 3 is 2.60 bits per heavy atom. The lowest BCUT2D eigenvalue weighted by molar-refractivity contribution is -0.116. The van der Waals surface area contributed by atoms with Gasteiger partial charge in [0.05, 0.1) is 6.61 Å². The molecule has 5 nitrogen and oxygen atoms in total. The van der Waals surface area contributed by atoms with Gasteiger partial charge in [0.2, 0.25) is 5.91 Å². The molecule has 0 saturated carbocycles. The average Bonchev–Trinajstić information content (AvgIpc) is 2.60. The van der Waals surface area contributed by atoms with Crippen LogP contribution in [0.4, 0.5) is 5.69 Å². The van der Waals surface area contributed by atoms with Gasteiger partial charge in [0, 0.05) is 44.4 Å². The van der Waals surface area contributed by atoms with Gasteiger partial charge in [-0.05, 0) is 17.7 Å². The number of amides is 1. The lowest BCUT2D eigenvalue weighted by Crippen LogP contribution is -2.20. The molecule has 3 N–H and O–H groups in total. The van der Waals surface area contributed by atoms with Crippen LogP contribution in [0.1, 0.15) is 24.4 Å². The van der Waals surface area contributed by atoms with Gasteiger partial charge in [-0.3, -0.25) is 4.79 Å². The second-order valence-electron chi connectivity index (χ2n) is 5.49. The van der Waals surface area contributed by atoms with Gasteiger partial charge in [0.1, 0.15) is 5.75 Å². The largest absolute Gasteiger partial charge is 0.493 e. The van der Waals surface area contributed by atoms with Gasteiger partial charge in [0.25, 0.3) is 0 Å². The monoisotopic (exact) mass is 364 g/mol. The second kappa shape index (κ2) is 11.5. The zero-order valence-corrected chi connectivity index (χ0v) is 15.1. The number of carbonyl (C=O) groups is 1. The number of carbonyl (C=O) groups excluding carboxylic acids is 1. The number of hydrogen-bond donors (Lipinski definition) is 2. The number of hydrogen-bond acceptors (Lipinski definition) is 4. The van der Waals surface area contributed by atoms with E-state index in [9.17, 15) is 4.79 Å². The summed E-state index contributed by atoms with van der Waals surface area (Å²) in [5.41, 5.74) is 7.72. The van der Waals surface area contributed by atoms with Crippen LogP contribution in [-0.2, 0) is 9.53 Å². The summed E-state index contributed by atoms with van der Waals surface area (Å²) in [6.45, 7) is 1.23. The van der Waals surface area contributed by atoms with Crippen molar-refractivity contribution in [2.75, 3.05) is 25.6 Å². The van der Waals surface area contributed by atoms with E-state index in [1.54, 1.807) is 13.2 Å². The highest BCUT2D eigenvalue weighted by Crippen LogP contribution is 2.19. The molecule has 0 radical (unpaired) electrons. The van der Waals surface area contributed by atoms with Crippen LogP contribution in [-0.4, -0.2) is 26.2 Å². The van der Waals surface area contributed by atoms with Crippen LogP contribution in [0.2, 0.25) is 0 Å². The van der Waals surface area contributed by atoms with Crippen LogP contribution in [0.25, 0.3) is 0 Å². The van der Waals surface area contributed by atoms with Crippen molar-refractivity contribution in [2.24, 2.45) is 5.73 Å². The summed E-state index contributed by atoms with van der Waals surface area (Å²) >= 11 is 0. The van der Waals surface area contributed by atoms with Crippen molar-refractivity contribution in [1.82, 2.24) is 0 Å². The van der Waals surface area contributed by atoms with Crippen molar-refractivity contribution >= 4 is 24.0 Å². The molecule has 0 aromatic heterocycles. The first kappa shape index (κ1) is 21.0. The molecule has 0 saturated heterocycles. The number of rotatable bonds is 9. The number of benzene rings is 2. The fourth-order valence-electron chi connectivity index (χ4n) is 2.29. The lowest BCUT2D eigenvalue weighted by Gasteiger charge is -2.13. The third-order valence-electron chi connectivity index (χ3n) is 3.51. The Labute approximate surface area is 154 Å². The molecule has 0 aliphatic heterocycles. The molecule has 1 amide bonds. The van der Waals surface area contributed by atoms with Gasteiger partial charge >= 0.3 is 0 Å². The Balaban J connectivity index is 0.00000312. The van der Waals surface area contributed by atoms with E-state index in [0.29, 0.717) is 18.9 Å². The SMILES string of the molecule is COCCCOc1cccc(NC(=O)CC(N)c2ccccc2)c1.Cl. The normalized spacial score (nSPS) is 11.3. The minimum Gasteiger partial charge on any atom is -0.493 e.